The zero-order valence-electron chi connectivity index (χ0n) is 16.5. The molecule has 0 heterocycles. The summed E-state index contributed by atoms with van der Waals surface area (Å²) in [5, 5.41) is 0. The van der Waals surface area contributed by atoms with Gasteiger partial charge in [0.05, 0.1) is 6.61 Å². The van der Waals surface area contributed by atoms with Crippen LogP contribution >= 0.6 is 7.82 Å². The van der Waals surface area contributed by atoms with Gasteiger partial charge in [-0.05, 0) is 6.42 Å². The normalized spacial score (nSPS) is 11.2. The van der Waals surface area contributed by atoms with Crippen LogP contribution in [0.3, 0.4) is 0 Å². The van der Waals surface area contributed by atoms with E-state index < -0.39 is 7.82 Å². The van der Waals surface area contributed by atoms with Gasteiger partial charge in [-0.1, -0.05) is 64.7 Å². The number of hydrogen-bond donors (Lipinski definition) is 2. The van der Waals surface area contributed by atoms with Gasteiger partial charge in [0.15, 0.2) is 0 Å². The monoisotopic (exact) mass is 374 g/mol. The molecule has 0 radical (unpaired) electrons. The first-order valence-electron chi connectivity index (χ1n) is 10.2. The van der Waals surface area contributed by atoms with Crippen molar-refractivity contribution in [3.63, 3.8) is 0 Å². The standard InChI is InChI=1S/C12H27O4P.C6H13.Na/c1-2-3-4-5-6-7-8-9-10-11-12-16-17(13,14)15;1-3-5-6-4-2;/h2-12H2,1H3,(H2,13,14,15);1,3-6H2,2H3;. The third kappa shape index (κ3) is 30.9. The molecule has 0 saturated carbocycles. The fraction of sp³-hybridized carbons (Fsp3) is 1.00. The quantitative estimate of drug-likeness (QED) is 0.193. The molecule has 4 nitrogen and oxygen atoms in total. The van der Waals surface area contributed by atoms with Gasteiger partial charge < -0.3 is 9.79 Å². The van der Waals surface area contributed by atoms with E-state index in [1.54, 1.807) is 0 Å². The first-order chi connectivity index (χ1) is 11.5. The van der Waals surface area contributed by atoms with E-state index in [0.29, 0.717) is 0 Å². The van der Waals surface area contributed by atoms with Crippen molar-refractivity contribution >= 4 is 35.8 Å². The van der Waals surface area contributed by atoms with Crippen molar-refractivity contribution in [3.8, 4) is 0 Å². The Kier molecular flexibility index (Phi) is 25.2. The summed E-state index contributed by atoms with van der Waals surface area (Å²) in [5.41, 5.74) is 0. The molecule has 0 bridgehead atoms. The molecule has 0 aliphatic heterocycles. The van der Waals surface area contributed by atoms with Gasteiger partial charge in [0, 0.05) is 0 Å². The molecular formula is C18H40NaO4P. The van der Waals surface area contributed by atoms with E-state index in [1.165, 1.54) is 102 Å². The molecule has 0 aliphatic rings. The first kappa shape index (κ1) is 27.3. The molecule has 24 heavy (non-hydrogen) atoms. The summed E-state index contributed by atoms with van der Waals surface area (Å²) in [6.07, 6.45) is 17.8. The van der Waals surface area contributed by atoms with Crippen LogP contribution in [0.2, 0.25) is 3.67 Å². The van der Waals surface area contributed by atoms with E-state index in [4.69, 9.17) is 9.79 Å². The van der Waals surface area contributed by atoms with Gasteiger partial charge in [0.1, 0.15) is 0 Å². The van der Waals surface area contributed by atoms with E-state index in [0.717, 1.165) is 19.3 Å². The molecule has 0 rings (SSSR count). The number of unbranched alkanes of at least 4 members (excludes halogenated alkanes) is 12. The number of hydrogen-bond acceptors (Lipinski definition) is 2. The van der Waals surface area contributed by atoms with Crippen LogP contribution < -0.4 is 0 Å². The van der Waals surface area contributed by atoms with Crippen LogP contribution in [0.1, 0.15) is 104 Å². The molecule has 0 aliphatic carbocycles. The summed E-state index contributed by atoms with van der Waals surface area (Å²) in [5.74, 6) is 0. The van der Waals surface area contributed by atoms with Crippen LogP contribution in [0.15, 0.2) is 0 Å². The molecule has 0 atom stereocenters. The van der Waals surface area contributed by atoms with Crippen molar-refractivity contribution in [2.24, 2.45) is 0 Å². The minimum atomic E-state index is -4.24. The Morgan fingerprint density at radius 1 is 0.708 bits per heavy atom. The Hall–Kier alpha value is 1.11. The molecule has 2 N–H and O–H groups in total. The van der Waals surface area contributed by atoms with E-state index >= 15 is 0 Å². The Balaban J connectivity index is 0. The van der Waals surface area contributed by atoms with Crippen molar-refractivity contribution in [1.82, 2.24) is 0 Å². The summed E-state index contributed by atoms with van der Waals surface area (Å²) in [6.45, 7) is 4.65. The Morgan fingerprint density at radius 3 is 1.46 bits per heavy atom. The van der Waals surface area contributed by atoms with Gasteiger partial charge in [-0.15, -0.1) is 0 Å². The number of phosphoric acid groups is 1. The second-order valence-electron chi connectivity index (χ2n) is 6.57. The summed E-state index contributed by atoms with van der Waals surface area (Å²) in [7, 11) is -4.24. The average Bonchev–Trinajstić information content (AvgIpc) is 2.53. The second kappa shape index (κ2) is 22.2. The molecule has 0 aromatic carbocycles. The predicted molar refractivity (Wildman–Crippen MR) is 105 cm³/mol. The van der Waals surface area contributed by atoms with Crippen molar-refractivity contribution in [2.75, 3.05) is 6.61 Å². The molecule has 0 amide bonds. The topological polar surface area (TPSA) is 66.8 Å². The molecule has 0 aromatic rings. The molecule has 0 saturated heterocycles. The fourth-order valence-corrected chi connectivity index (χ4v) is 3.32. The van der Waals surface area contributed by atoms with Crippen molar-refractivity contribution in [2.45, 2.75) is 107 Å². The van der Waals surface area contributed by atoms with Crippen LogP contribution in [0.4, 0.5) is 0 Å². The van der Waals surface area contributed by atoms with Crippen molar-refractivity contribution in [3.05, 3.63) is 0 Å². The molecule has 0 unspecified atom stereocenters. The molecular weight excluding hydrogens is 334 g/mol. The van der Waals surface area contributed by atoms with E-state index in [1.807, 2.05) is 0 Å². The molecule has 0 aromatic heterocycles. The number of rotatable bonds is 16. The van der Waals surface area contributed by atoms with Gasteiger partial charge in [-0.3, -0.25) is 4.52 Å². The van der Waals surface area contributed by atoms with Gasteiger partial charge in [-0.25, -0.2) is 4.57 Å². The zero-order chi connectivity index (χ0) is 18.5. The van der Waals surface area contributed by atoms with Crippen LogP contribution in [-0.4, -0.2) is 44.3 Å². The van der Waals surface area contributed by atoms with Gasteiger partial charge in [0.2, 0.25) is 0 Å². The van der Waals surface area contributed by atoms with Gasteiger partial charge in [0.25, 0.3) is 0 Å². The maximum atomic E-state index is 10.4. The maximum absolute atomic E-state index is 10.4. The molecule has 142 valence electrons. The molecule has 0 fully saturated rings. The third-order valence-corrected chi connectivity index (χ3v) is 5.19. The van der Waals surface area contributed by atoms with E-state index in [2.05, 4.69) is 18.4 Å². The Bertz CT molecular complexity index is 268. The van der Waals surface area contributed by atoms with Crippen LogP contribution in [0.5, 0.6) is 0 Å². The summed E-state index contributed by atoms with van der Waals surface area (Å²) in [4.78, 5) is 16.9. The van der Waals surface area contributed by atoms with Crippen molar-refractivity contribution in [1.29, 1.82) is 0 Å². The second-order valence-corrected chi connectivity index (χ2v) is 8.81. The summed E-state index contributed by atoms with van der Waals surface area (Å²) >= 11 is 1.41. The summed E-state index contributed by atoms with van der Waals surface area (Å²) in [6, 6.07) is 0. The average molecular weight is 374 g/mol. The number of phosphoric ester groups is 1. The zero-order valence-corrected chi connectivity index (χ0v) is 19.4. The fourth-order valence-electron chi connectivity index (χ4n) is 2.45. The van der Waals surface area contributed by atoms with Crippen LogP contribution in [0, 0.1) is 0 Å². The van der Waals surface area contributed by atoms with Crippen LogP contribution in [-0.2, 0) is 9.09 Å². The minimum absolute atomic E-state index is 0.167. The molecule has 0 spiro atoms. The van der Waals surface area contributed by atoms with Gasteiger partial charge >= 0.3 is 72.0 Å². The first-order valence-corrected chi connectivity index (χ1v) is 13.1. The predicted octanol–water partition coefficient (Wildman–Crippen LogP) is 6.17. The Labute approximate surface area is 168 Å². The Morgan fingerprint density at radius 2 is 1.08 bits per heavy atom. The summed E-state index contributed by atoms with van der Waals surface area (Å²) < 4.78 is 16.2. The van der Waals surface area contributed by atoms with Gasteiger partial charge in [-0.2, -0.15) is 0 Å². The third-order valence-electron chi connectivity index (χ3n) is 3.96. The molecule has 6 heteroatoms. The SMILES string of the molecule is CCCCCCCCCCCCOP(=O)(O)O.CCCCC[CH2][Na]. The van der Waals surface area contributed by atoms with Crippen molar-refractivity contribution < 1.29 is 18.9 Å². The van der Waals surface area contributed by atoms with E-state index in [-0.39, 0.29) is 6.61 Å². The van der Waals surface area contributed by atoms with Crippen LogP contribution in [0.25, 0.3) is 0 Å². The van der Waals surface area contributed by atoms with E-state index in [9.17, 15) is 4.57 Å².